The first kappa shape index (κ1) is 15.7. The van der Waals surface area contributed by atoms with E-state index in [4.69, 9.17) is 15.7 Å². The Kier molecular flexibility index (Phi) is 4.15. The van der Waals surface area contributed by atoms with Gasteiger partial charge < -0.3 is 10.6 Å². The van der Waals surface area contributed by atoms with Crippen LogP contribution in [0.15, 0.2) is 54.9 Å². The van der Waals surface area contributed by atoms with Gasteiger partial charge >= 0.3 is 0 Å². The summed E-state index contributed by atoms with van der Waals surface area (Å²) in [5, 5.41) is 0. The second-order valence-corrected chi connectivity index (χ2v) is 6.53. The molecule has 1 saturated heterocycles. The van der Waals surface area contributed by atoms with Gasteiger partial charge in [-0.25, -0.2) is 9.97 Å². The number of aromatic nitrogens is 3. The van der Waals surface area contributed by atoms with Gasteiger partial charge in [0.05, 0.1) is 5.69 Å². The van der Waals surface area contributed by atoms with Crippen molar-refractivity contribution < 1.29 is 0 Å². The molecule has 1 fully saturated rings. The van der Waals surface area contributed by atoms with Crippen molar-refractivity contribution in [1.29, 1.82) is 0 Å². The minimum absolute atomic E-state index is 0.210. The van der Waals surface area contributed by atoms with Crippen LogP contribution in [0, 0.1) is 6.92 Å². The summed E-state index contributed by atoms with van der Waals surface area (Å²) in [6.45, 7) is 3.84. The Hall–Kier alpha value is -2.79. The van der Waals surface area contributed by atoms with E-state index >= 15 is 0 Å². The lowest BCUT2D eigenvalue weighted by atomic mass is 10.1. The zero-order valence-corrected chi connectivity index (χ0v) is 14.3. The molecule has 5 nitrogen and oxygen atoms in total. The van der Waals surface area contributed by atoms with Crippen molar-refractivity contribution in [2.75, 3.05) is 18.0 Å². The van der Waals surface area contributed by atoms with Crippen molar-refractivity contribution in [2.45, 2.75) is 19.4 Å². The lowest BCUT2D eigenvalue weighted by molar-refractivity contribution is 0.751. The minimum atomic E-state index is 0.210. The number of nitrogens with zero attached hydrogens (tertiary/aromatic N) is 4. The lowest BCUT2D eigenvalue weighted by Crippen LogP contribution is -2.27. The fraction of sp³-hybridized carbons (Fsp3) is 0.250. The summed E-state index contributed by atoms with van der Waals surface area (Å²) in [6, 6.07) is 14.5. The van der Waals surface area contributed by atoms with Crippen LogP contribution in [0.25, 0.3) is 22.6 Å². The minimum Gasteiger partial charge on any atom is -0.355 e. The molecule has 1 aliphatic heterocycles. The normalized spacial score (nSPS) is 17.0. The van der Waals surface area contributed by atoms with E-state index in [0.717, 1.165) is 48.0 Å². The molecule has 0 bridgehead atoms. The topological polar surface area (TPSA) is 67.9 Å². The highest BCUT2D eigenvalue weighted by atomic mass is 15.2. The first-order valence-corrected chi connectivity index (χ1v) is 8.56. The van der Waals surface area contributed by atoms with Crippen LogP contribution >= 0.6 is 0 Å². The van der Waals surface area contributed by atoms with E-state index in [2.05, 4.69) is 41.1 Å². The quantitative estimate of drug-likeness (QED) is 0.799. The Morgan fingerprint density at radius 2 is 1.76 bits per heavy atom. The Morgan fingerprint density at radius 3 is 2.44 bits per heavy atom. The van der Waals surface area contributed by atoms with Gasteiger partial charge in [-0.05, 0) is 25.5 Å². The molecule has 2 aromatic heterocycles. The zero-order chi connectivity index (χ0) is 17.2. The molecule has 3 aromatic rings. The van der Waals surface area contributed by atoms with E-state index in [1.165, 1.54) is 5.56 Å². The molecule has 0 saturated carbocycles. The van der Waals surface area contributed by atoms with Gasteiger partial charge in [0.2, 0.25) is 0 Å². The molecule has 126 valence electrons. The molecule has 2 N–H and O–H groups in total. The van der Waals surface area contributed by atoms with Gasteiger partial charge in [0.15, 0.2) is 5.82 Å². The maximum atomic E-state index is 6.08. The Labute approximate surface area is 147 Å². The molecule has 1 aromatic carbocycles. The predicted octanol–water partition coefficient (Wildman–Crippen LogP) is 3.05. The van der Waals surface area contributed by atoms with Crippen LogP contribution in [0.3, 0.4) is 0 Å². The first-order chi connectivity index (χ1) is 12.2. The van der Waals surface area contributed by atoms with Crippen molar-refractivity contribution in [2.24, 2.45) is 5.73 Å². The lowest BCUT2D eigenvalue weighted by Gasteiger charge is -2.18. The molecular formula is C20H21N5. The number of hydrogen-bond acceptors (Lipinski definition) is 5. The maximum Gasteiger partial charge on any atom is 0.162 e. The molecule has 0 amide bonds. The fourth-order valence-corrected chi connectivity index (χ4v) is 3.09. The van der Waals surface area contributed by atoms with E-state index < -0.39 is 0 Å². The third-order valence-corrected chi connectivity index (χ3v) is 4.55. The van der Waals surface area contributed by atoms with Gasteiger partial charge in [0.25, 0.3) is 0 Å². The number of pyridine rings is 1. The van der Waals surface area contributed by atoms with E-state index in [0.29, 0.717) is 0 Å². The van der Waals surface area contributed by atoms with Crippen LogP contribution in [0.5, 0.6) is 0 Å². The van der Waals surface area contributed by atoms with Gasteiger partial charge in [0, 0.05) is 48.7 Å². The SMILES string of the molecule is Cc1ccc(-c2nc(-c3ccncc3)cc(N3CCC(N)C3)n2)cc1. The molecule has 1 unspecified atom stereocenters. The van der Waals surface area contributed by atoms with Crippen LogP contribution in [0.2, 0.25) is 0 Å². The van der Waals surface area contributed by atoms with Gasteiger partial charge in [-0.15, -0.1) is 0 Å². The summed E-state index contributed by atoms with van der Waals surface area (Å²) in [5.74, 6) is 1.68. The average Bonchev–Trinajstić information content (AvgIpc) is 3.09. The molecule has 1 aliphatic rings. The fourth-order valence-electron chi connectivity index (χ4n) is 3.09. The number of benzene rings is 1. The van der Waals surface area contributed by atoms with E-state index in [1.807, 2.05) is 18.2 Å². The second kappa shape index (κ2) is 6.61. The summed E-state index contributed by atoms with van der Waals surface area (Å²) in [6.07, 6.45) is 4.57. The smallest absolute Gasteiger partial charge is 0.162 e. The van der Waals surface area contributed by atoms with E-state index in [9.17, 15) is 0 Å². The number of nitrogens with two attached hydrogens (primary N) is 1. The summed E-state index contributed by atoms with van der Waals surface area (Å²) in [7, 11) is 0. The molecule has 0 spiro atoms. The Bertz CT molecular complexity index is 861. The van der Waals surface area contributed by atoms with Gasteiger partial charge in [0.1, 0.15) is 5.82 Å². The highest BCUT2D eigenvalue weighted by Crippen LogP contribution is 2.27. The van der Waals surface area contributed by atoms with Crippen LogP contribution in [0.4, 0.5) is 5.82 Å². The first-order valence-electron chi connectivity index (χ1n) is 8.56. The van der Waals surface area contributed by atoms with Crippen molar-refractivity contribution in [3.63, 3.8) is 0 Å². The Balaban J connectivity index is 1.81. The summed E-state index contributed by atoms with van der Waals surface area (Å²) >= 11 is 0. The molecule has 1 atom stereocenters. The highest BCUT2D eigenvalue weighted by Gasteiger charge is 2.22. The third kappa shape index (κ3) is 3.37. The summed E-state index contributed by atoms with van der Waals surface area (Å²) in [4.78, 5) is 16.0. The molecule has 5 heteroatoms. The molecule has 4 rings (SSSR count). The molecule has 3 heterocycles. The molecule has 0 radical (unpaired) electrons. The Morgan fingerprint density at radius 1 is 1.00 bits per heavy atom. The number of hydrogen-bond donors (Lipinski definition) is 1. The van der Waals surface area contributed by atoms with E-state index in [-0.39, 0.29) is 6.04 Å². The number of anilines is 1. The van der Waals surface area contributed by atoms with Gasteiger partial charge in [-0.1, -0.05) is 29.8 Å². The van der Waals surface area contributed by atoms with Crippen LogP contribution in [-0.2, 0) is 0 Å². The van der Waals surface area contributed by atoms with E-state index in [1.54, 1.807) is 12.4 Å². The molecule has 25 heavy (non-hydrogen) atoms. The average molecular weight is 331 g/mol. The van der Waals surface area contributed by atoms with Crippen molar-refractivity contribution in [1.82, 2.24) is 15.0 Å². The largest absolute Gasteiger partial charge is 0.355 e. The van der Waals surface area contributed by atoms with Gasteiger partial charge in [-0.3, -0.25) is 4.98 Å². The molecular weight excluding hydrogens is 310 g/mol. The third-order valence-electron chi connectivity index (χ3n) is 4.55. The van der Waals surface area contributed by atoms with Crippen LogP contribution in [0.1, 0.15) is 12.0 Å². The standard InChI is InChI=1S/C20H21N5/c1-14-2-4-16(5-3-14)20-23-18(15-6-9-22-10-7-15)12-19(24-20)25-11-8-17(21)13-25/h2-7,9-10,12,17H,8,11,13,21H2,1H3. The summed E-state index contributed by atoms with van der Waals surface area (Å²) in [5.41, 5.74) is 10.3. The summed E-state index contributed by atoms with van der Waals surface area (Å²) < 4.78 is 0. The van der Waals surface area contributed by atoms with Crippen molar-refractivity contribution in [3.8, 4) is 22.6 Å². The second-order valence-electron chi connectivity index (χ2n) is 6.53. The maximum absolute atomic E-state index is 6.08. The molecule has 0 aliphatic carbocycles. The number of rotatable bonds is 3. The van der Waals surface area contributed by atoms with Crippen molar-refractivity contribution in [3.05, 3.63) is 60.4 Å². The zero-order valence-electron chi connectivity index (χ0n) is 14.3. The van der Waals surface area contributed by atoms with Crippen LogP contribution < -0.4 is 10.6 Å². The van der Waals surface area contributed by atoms with Crippen molar-refractivity contribution >= 4 is 5.82 Å². The van der Waals surface area contributed by atoms with Gasteiger partial charge in [-0.2, -0.15) is 0 Å². The van der Waals surface area contributed by atoms with Crippen LogP contribution in [-0.4, -0.2) is 34.1 Å². The predicted molar refractivity (Wildman–Crippen MR) is 100 cm³/mol. The monoisotopic (exact) mass is 331 g/mol. The highest BCUT2D eigenvalue weighted by molar-refractivity contribution is 5.68. The number of aryl methyl sites for hydroxylation is 1.